The summed E-state index contributed by atoms with van der Waals surface area (Å²) in [7, 11) is -3.47. The molecule has 0 bridgehead atoms. The van der Waals surface area contributed by atoms with E-state index in [0.717, 1.165) is 26.9 Å². The summed E-state index contributed by atoms with van der Waals surface area (Å²) in [4.78, 5) is 5.07. The maximum Gasteiger partial charge on any atom is 0.274 e. The van der Waals surface area contributed by atoms with Crippen LogP contribution in [0.15, 0.2) is 35.2 Å². The van der Waals surface area contributed by atoms with Gasteiger partial charge < -0.3 is 4.74 Å². The molecule has 1 aliphatic rings. The number of fused-ring (bicyclic) bond motifs is 1. The normalized spacial score (nSPS) is 16.4. The van der Waals surface area contributed by atoms with E-state index in [1.165, 1.54) is 5.56 Å². The predicted molar refractivity (Wildman–Crippen MR) is 117 cm³/mol. The lowest BCUT2D eigenvalue weighted by Crippen LogP contribution is -2.41. The molecular formula is C22H26N2O3S2. The average Bonchev–Trinajstić information content (AvgIpc) is 3.10. The molecule has 3 aromatic rings. The Hall–Kier alpha value is -1.96. The number of sulfonamides is 1. The first kappa shape index (κ1) is 20.3. The van der Waals surface area contributed by atoms with Gasteiger partial charge in [-0.15, -0.1) is 0 Å². The summed E-state index contributed by atoms with van der Waals surface area (Å²) in [6.45, 7) is 8.89. The van der Waals surface area contributed by atoms with Crippen molar-refractivity contribution in [2.75, 3.05) is 13.1 Å². The van der Waals surface area contributed by atoms with Gasteiger partial charge in [-0.3, -0.25) is 0 Å². The zero-order chi connectivity index (χ0) is 20.8. The minimum Gasteiger partial charge on any atom is -0.467 e. The van der Waals surface area contributed by atoms with Crippen LogP contribution in [0.1, 0.15) is 35.1 Å². The minimum atomic E-state index is -3.47. The second kappa shape index (κ2) is 7.70. The van der Waals surface area contributed by atoms with Crippen molar-refractivity contribution in [2.45, 2.75) is 51.5 Å². The number of thiazole rings is 1. The van der Waals surface area contributed by atoms with E-state index in [0.29, 0.717) is 36.0 Å². The van der Waals surface area contributed by atoms with Crippen molar-refractivity contribution in [1.82, 2.24) is 9.29 Å². The molecule has 0 radical (unpaired) electrons. The van der Waals surface area contributed by atoms with Crippen molar-refractivity contribution in [3.05, 3.63) is 52.6 Å². The summed E-state index contributed by atoms with van der Waals surface area (Å²) in [6, 6.07) is 9.68. The fourth-order valence-corrected chi connectivity index (χ4v) is 6.55. The minimum absolute atomic E-state index is 0.0123. The zero-order valence-corrected chi connectivity index (χ0v) is 18.9. The van der Waals surface area contributed by atoms with E-state index in [1.54, 1.807) is 21.7 Å². The van der Waals surface area contributed by atoms with Gasteiger partial charge in [0.25, 0.3) is 5.19 Å². The van der Waals surface area contributed by atoms with E-state index < -0.39 is 10.0 Å². The molecule has 7 heteroatoms. The van der Waals surface area contributed by atoms with Gasteiger partial charge in [0.1, 0.15) is 6.10 Å². The van der Waals surface area contributed by atoms with Crippen molar-refractivity contribution in [1.29, 1.82) is 0 Å². The van der Waals surface area contributed by atoms with Crippen molar-refractivity contribution in [3.63, 3.8) is 0 Å². The number of piperidine rings is 1. The molecule has 1 fully saturated rings. The highest BCUT2D eigenvalue weighted by molar-refractivity contribution is 7.89. The Bertz CT molecular complexity index is 1120. The average molecular weight is 431 g/mol. The Balaban J connectivity index is 1.46. The summed E-state index contributed by atoms with van der Waals surface area (Å²) in [5.41, 5.74) is 5.21. The van der Waals surface area contributed by atoms with Crippen LogP contribution >= 0.6 is 11.3 Å². The van der Waals surface area contributed by atoms with E-state index in [2.05, 4.69) is 31.0 Å². The highest BCUT2D eigenvalue weighted by Gasteiger charge is 2.31. The van der Waals surface area contributed by atoms with E-state index in [1.807, 2.05) is 26.0 Å². The van der Waals surface area contributed by atoms with Crippen LogP contribution in [0.25, 0.3) is 10.2 Å². The van der Waals surface area contributed by atoms with Crippen molar-refractivity contribution in [2.24, 2.45) is 0 Å². The van der Waals surface area contributed by atoms with E-state index >= 15 is 0 Å². The van der Waals surface area contributed by atoms with Crippen LogP contribution < -0.4 is 4.74 Å². The number of nitrogens with zero attached hydrogens (tertiary/aromatic N) is 2. The molecule has 1 saturated heterocycles. The lowest BCUT2D eigenvalue weighted by Gasteiger charge is -2.31. The van der Waals surface area contributed by atoms with Gasteiger partial charge in [0.2, 0.25) is 10.0 Å². The van der Waals surface area contributed by atoms with Crippen LogP contribution in [0.3, 0.4) is 0 Å². The summed E-state index contributed by atoms with van der Waals surface area (Å²) >= 11 is 1.57. The lowest BCUT2D eigenvalue weighted by atomic mass is 10.1. The fourth-order valence-electron chi connectivity index (χ4n) is 3.85. The Morgan fingerprint density at radius 1 is 1.00 bits per heavy atom. The summed E-state index contributed by atoms with van der Waals surface area (Å²) in [5, 5.41) is 0.674. The van der Waals surface area contributed by atoms with Crippen LogP contribution in [-0.2, 0) is 10.0 Å². The number of hydrogen-bond acceptors (Lipinski definition) is 5. The zero-order valence-electron chi connectivity index (χ0n) is 17.2. The largest absolute Gasteiger partial charge is 0.467 e. The third kappa shape index (κ3) is 3.91. The highest BCUT2D eigenvalue weighted by atomic mass is 32.2. The monoisotopic (exact) mass is 430 g/mol. The topological polar surface area (TPSA) is 59.5 Å². The number of benzene rings is 2. The number of hydrogen-bond donors (Lipinski definition) is 0. The van der Waals surface area contributed by atoms with Crippen LogP contribution in [0.5, 0.6) is 5.19 Å². The molecule has 2 heterocycles. The molecule has 1 aromatic heterocycles. The molecule has 0 saturated carbocycles. The van der Waals surface area contributed by atoms with Gasteiger partial charge in [0.15, 0.2) is 0 Å². The van der Waals surface area contributed by atoms with Gasteiger partial charge in [-0.25, -0.2) is 13.4 Å². The quantitative estimate of drug-likeness (QED) is 0.599. The van der Waals surface area contributed by atoms with Gasteiger partial charge in [0, 0.05) is 13.1 Å². The molecule has 0 spiro atoms. The molecule has 29 heavy (non-hydrogen) atoms. The number of aryl methyl sites for hydroxylation is 4. The third-order valence-electron chi connectivity index (χ3n) is 5.54. The first-order chi connectivity index (χ1) is 13.8. The fraction of sp³-hybridized carbons (Fsp3) is 0.409. The Labute approximate surface area is 176 Å². The van der Waals surface area contributed by atoms with Gasteiger partial charge >= 0.3 is 0 Å². The third-order valence-corrected chi connectivity index (χ3v) is 8.68. The molecule has 4 rings (SSSR count). The van der Waals surface area contributed by atoms with Crippen LogP contribution in [0, 0.1) is 27.7 Å². The highest BCUT2D eigenvalue weighted by Crippen LogP contribution is 2.34. The molecule has 0 aliphatic carbocycles. The first-order valence-electron chi connectivity index (χ1n) is 9.86. The SMILES string of the molecule is Cc1ccc(S(=O)(=O)N2CCC(Oc3nc4c(C)ccc(C)c4s3)CC2)c(C)c1. The molecule has 0 atom stereocenters. The maximum absolute atomic E-state index is 13.1. The number of rotatable bonds is 4. The molecule has 5 nitrogen and oxygen atoms in total. The van der Waals surface area contributed by atoms with Crippen LogP contribution in [0.4, 0.5) is 0 Å². The second-order valence-electron chi connectivity index (χ2n) is 7.85. The van der Waals surface area contributed by atoms with Crippen molar-refractivity contribution in [3.8, 4) is 5.19 Å². The second-order valence-corrected chi connectivity index (χ2v) is 10.7. The van der Waals surface area contributed by atoms with Crippen LogP contribution in [-0.4, -0.2) is 36.9 Å². The van der Waals surface area contributed by atoms with Gasteiger partial charge in [0.05, 0.1) is 15.1 Å². The van der Waals surface area contributed by atoms with Crippen molar-refractivity contribution < 1.29 is 13.2 Å². The van der Waals surface area contributed by atoms with Gasteiger partial charge in [-0.05, 0) is 63.3 Å². The van der Waals surface area contributed by atoms with E-state index in [-0.39, 0.29) is 6.10 Å². The van der Waals surface area contributed by atoms with Crippen LogP contribution in [0.2, 0.25) is 0 Å². The Morgan fingerprint density at radius 2 is 1.69 bits per heavy atom. The number of aromatic nitrogens is 1. The summed E-state index contributed by atoms with van der Waals surface area (Å²) in [5.74, 6) is 0. The Kier molecular flexibility index (Phi) is 5.40. The van der Waals surface area contributed by atoms with Crippen molar-refractivity contribution >= 4 is 31.6 Å². The summed E-state index contributed by atoms with van der Waals surface area (Å²) in [6.07, 6.45) is 1.32. The molecule has 154 valence electrons. The molecule has 2 aromatic carbocycles. The molecule has 0 unspecified atom stereocenters. The molecule has 0 amide bonds. The maximum atomic E-state index is 13.1. The van der Waals surface area contributed by atoms with E-state index in [4.69, 9.17) is 4.74 Å². The molecule has 0 N–H and O–H groups in total. The summed E-state index contributed by atoms with van der Waals surface area (Å²) < 4.78 is 35.0. The van der Waals surface area contributed by atoms with Gasteiger partial charge in [-0.1, -0.05) is 41.2 Å². The Morgan fingerprint density at radius 3 is 2.34 bits per heavy atom. The predicted octanol–water partition coefficient (Wildman–Crippen LogP) is 4.76. The van der Waals surface area contributed by atoms with E-state index in [9.17, 15) is 8.42 Å². The smallest absolute Gasteiger partial charge is 0.274 e. The lowest BCUT2D eigenvalue weighted by molar-refractivity contribution is 0.135. The standard InChI is InChI=1S/C22H26N2O3S2/c1-14-5-8-19(17(4)13-14)29(25,26)24-11-9-18(10-12-24)27-22-23-20-15(2)6-7-16(3)21(20)28-22/h5-8,13,18H,9-12H2,1-4H3. The van der Waals surface area contributed by atoms with Gasteiger partial charge in [-0.2, -0.15) is 4.31 Å². The molecular weight excluding hydrogens is 404 g/mol. The number of ether oxygens (including phenoxy) is 1. The molecule has 1 aliphatic heterocycles. The first-order valence-corrected chi connectivity index (χ1v) is 12.1.